The van der Waals surface area contributed by atoms with Crippen molar-refractivity contribution >= 4 is 5.91 Å². The second kappa shape index (κ2) is 9.49. The van der Waals surface area contributed by atoms with Crippen molar-refractivity contribution in [3.63, 3.8) is 0 Å². The second-order valence-electron chi connectivity index (χ2n) is 8.22. The van der Waals surface area contributed by atoms with Crippen LogP contribution in [0.1, 0.15) is 31.2 Å². The number of hydrogen-bond donors (Lipinski definition) is 1. The van der Waals surface area contributed by atoms with Gasteiger partial charge < -0.3 is 19.4 Å². The summed E-state index contributed by atoms with van der Waals surface area (Å²) in [4.78, 5) is 21.5. The Hall–Kier alpha value is -2.58. The molecular weight excluding hydrogens is 382 g/mol. The lowest BCUT2D eigenvalue weighted by molar-refractivity contribution is -0.122. The molecule has 0 aliphatic carbocycles. The summed E-state index contributed by atoms with van der Waals surface area (Å²) in [7, 11) is 0. The third-order valence-electron chi connectivity index (χ3n) is 5.68. The van der Waals surface area contributed by atoms with Crippen LogP contribution in [0.2, 0.25) is 0 Å². The SMILES string of the molecule is CC(C)c1nccn1CCN1CCN(CC(=O)NCc2ccc3c(c2)OCO3)CC1. The lowest BCUT2D eigenvalue weighted by atomic mass is 10.2. The Morgan fingerprint density at radius 2 is 1.87 bits per heavy atom. The van der Waals surface area contributed by atoms with Gasteiger partial charge in [0.05, 0.1) is 6.54 Å². The van der Waals surface area contributed by atoms with E-state index in [0.29, 0.717) is 19.0 Å². The molecule has 0 saturated carbocycles. The molecule has 0 unspecified atom stereocenters. The van der Waals surface area contributed by atoms with Gasteiger partial charge in [-0.3, -0.25) is 14.6 Å². The minimum atomic E-state index is 0.0566. The largest absolute Gasteiger partial charge is 0.454 e. The van der Waals surface area contributed by atoms with Crippen LogP contribution in [0.15, 0.2) is 30.6 Å². The topological polar surface area (TPSA) is 71.9 Å². The summed E-state index contributed by atoms with van der Waals surface area (Å²) < 4.78 is 13.0. The minimum Gasteiger partial charge on any atom is -0.454 e. The molecule has 1 fully saturated rings. The van der Waals surface area contributed by atoms with E-state index in [-0.39, 0.29) is 12.7 Å². The molecule has 1 aromatic carbocycles. The van der Waals surface area contributed by atoms with E-state index in [0.717, 1.165) is 62.2 Å². The summed E-state index contributed by atoms with van der Waals surface area (Å²) in [5.74, 6) is 3.15. The summed E-state index contributed by atoms with van der Waals surface area (Å²) in [5, 5.41) is 3.01. The number of imidazole rings is 1. The number of nitrogens with one attached hydrogen (secondary N) is 1. The molecule has 4 rings (SSSR count). The predicted octanol–water partition coefficient (Wildman–Crippen LogP) is 1.67. The minimum absolute atomic E-state index is 0.0566. The zero-order valence-electron chi connectivity index (χ0n) is 17.8. The van der Waals surface area contributed by atoms with Gasteiger partial charge in [0.2, 0.25) is 12.7 Å². The van der Waals surface area contributed by atoms with Crippen LogP contribution in [-0.2, 0) is 17.9 Å². The smallest absolute Gasteiger partial charge is 0.234 e. The molecule has 0 bridgehead atoms. The monoisotopic (exact) mass is 413 g/mol. The van der Waals surface area contributed by atoms with Crippen molar-refractivity contribution in [1.82, 2.24) is 24.7 Å². The van der Waals surface area contributed by atoms with E-state index >= 15 is 0 Å². The highest BCUT2D eigenvalue weighted by Crippen LogP contribution is 2.32. The molecule has 30 heavy (non-hydrogen) atoms. The highest BCUT2D eigenvalue weighted by Gasteiger charge is 2.19. The quantitative estimate of drug-likeness (QED) is 0.710. The van der Waals surface area contributed by atoms with E-state index in [9.17, 15) is 4.79 Å². The standard InChI is InChI=1S/C22H31N5O3/c1-17(2)22-23-5-6-27(22)12-11-25-7-9-26(10-8-25)15-21(28)24-14-18-3-4-19-20(13-18)30-16-29-19/h3-6,13,17H,7-12,14-16H2,1-2H3,(H,24,28). The van der Waals surface area contributed by atoms with Gasteiger partial charge in [0.25, 0.3) is 0 Å². The Kier molecular flexibility index (Phi) is 6.54. The average molecular weight is 414 g/mol. The Bertz CT molecular complexity index is 858. The van der Waals surface area contributed by atoms with Crippen LogP contribution >= 0.6 is 0 Å². The molecule has 8 heteroatoms. The summed E-state index contributed by atoms with van der Waals surface area (Å²) in [6.07, 6.45) is 3.95. The highest BCUT2D eigenvalue weighted by atomic mass is 16.7. The molecule has 2 aromatic rings. The third-order valence-corrected chi connectivity index (χ3v) is 5.68. The van der Waals surface area contributed by atoms with E-state index in [1.165, 1.54) is 0 Å². The van der Waals surface area contributed by atoms with Gasteiger partial charge in [-0.2, -0.15) is 0 Å². The van der Waals surface area contributed by atoms with Crippen molar-refractivity contribution in [2.75, 3.05) is 46.1 Å². The summed E-state index contributed by atoms with van der Waals surface area (Å²) >= 11 is 0. The number of ether oxygens (including phenoxy) is 2. The normalized spacial score (nSPS) is 16.9. The Morgan fingerprint density at radius 3 is 2.67 bits per heavy atom. The van der Waals surface area contributed by atoms with Gasteiger partial charge >= 0.3 is 0 Å². The molecule has 162 valence electrons. The van der Waals surface area contributed by atoms with E-state index in [4.69, 9.17) is 9.47 Å². The first-order valence-corrected chi connectivity index (χ1v) is 10.7. The van der Waals surface area contributed by atoms with Crippen LogP contribution < -0.4 is 14.8 Å². The van der Waals surface area contributed by atoms with E-state index in [2.05, 4.69) is 44.7 Å². The third kappa shape index (κ3) is 5.12. The molecule has 2 aliphatic heterocycles. The number of benzene rings is 1. The fraction of sp³-hybridized carbons (Fsp3) is 0.545. The van der Waals surface area contributed by atoms with Gasteiger partial charge in [0, 0.05) is 64.1 Å². The van der Waals surface area contributed by atoms with Crippen molar-refractivity contribution in [3.05, 3.63) is 42.0 Å². The molecular formula is C22H31N5O3. The van der Waals surface area contributed by atoms with Crippen LogP contribution in [0.5, 0.6) is 11.5 Å². The zero-order chi connectivity index (χ0) is 20.9. The molecule has 2 aliphatic rings. The molecule has 1 saturated heterocycles. The molecule has 1 amide bonds. The number of aromatic nitrogens is 2. The molecule has 8 nitrogen and oxygen atoms in total. The van der Waals surface area contributed by atoms with E-state index in [1.54, 1.807) is 0 Å². The molecule has 0 atom stereocenters. The fourth-order valence-electron chi connectivity index (χ4n) is 3.94. The van der Waals surface area contributed by atoms with Crippen LogP contribution in [0, 0.1) is 0 Å². The number of carbonyl (C=O) groups excluding carboxylic acids is 1. The number of rotatable bonds is 8. The maximum absolute atomic E-state index is 12.3. The summed E-state index contributed by atoms with van der Waals surface area (Å²) in [5.41, 5.74) is 1.01. The van der Waals surface area contributed by atoms with Gasteiger partial charge in [-0.05, 0) is 17.7 Å². The number of carbonyl (C=O) groups is 1. The molecule has 1 N–H and O–H groups in total. The van der Waals surface area contributed by atoms with Crippen LogP contribution in [0.4, 0.5) is 0 Å². The van der Waals surface area contributed by atoms with Gasteiger partial charge in [-0.1, -0.05) is 19.9 Å². The Balaban J connectivity index is 1.15. The number of fused-ring (bicyclic) bond motifs is 1. The van der Waals surface area contributed by atoms with E-state index < -0.39 is 0 Å². The van der Waals surface area contributed by atoms with Crippen molar-refractivity contribution < 1.29 is 14.3 Å². The van der Waals surface area contributed by atoms with Gasteiger partial charge in [-0.25, -0.2) is 4.98 Å². The molecule has 0 spiro atoms. The lowest BCUT2D eigenvalue weighted by Crippen LogP contribution is -2.49. The van der Waals surface area contributed by atoms with Crippen molar-refractivity contribution in [2.24, 2.45) is 0 Å². The van der Waals surface area contributed by atoms with Crippen LogP contribution in [0.25, 0.3) is 0 Å². The lowest BCUT2D eigenvalue weighted by Gasteiger charge is -2.34. The van der Waals surface area contributed by atoms with Crippen LogP contribution in [0.3, 0.4) is 0 Å². The van der Waals surface area contributed by atoms with Crippen molar-refractivity contribution in [2.45, 2.75) is 32.9 Å². The van der Waals surface area contributed by atoms with Gasteiger partial charge in [-0.15, -0.1) is 0 Å². The number of nitrogens with zero attached hydrogens (tertiary/aromatic N) is 4. The molecule has 3 heterocycles. The van der Waals surface area contributed by atoms with Crippen molar-refractivity contribution in [3.8, 4) is 11.5 Å². The zero-order valence-corrected chi connectivity index (χ0v) is 17.8. The van der Waals surface area contributed by atoms with Gasteiger partial charge in [0.1, 0.15) is 5.82 Å². The number of piperazine rings is 1. The van der Waals surface area contributed by atoms with Crippen LogP contribution in [-0.4, -0.2) is 71.3 Å². The first kappa shape index (κ1) is 20.7. The maximum atomic E-state index is 12.3. The summed E-state index contributed by atoms with van der Waals surface area (Å²) in [6, 6.07) is 5.76. The number of hydrogen-bond acceptors (Lipinski definition) is 6. The maximum Gasteiger partial charge on any atom is 0.234 e. The second-order valence-corrected chi connectivity index (χ2v) is 8.22. The summed E-state index contributed by atoms with van der Waals surface area (Å²) in [6.45, 7) is 11.3. The highest BCUT2D eigenvalue weighted by molar-refractivity contribution is 5.78. The fourth-order valence-corrected chi connectivity index (χ4v) is 3.94. The first-order valence-electron chi connectivity index (χ1n) is 10.7. The Morgan fingerprint density at radius 1 is 1.10 bits per heavy atom. The average Bonchev–Trinajstić information content (AvgIpc) is 3.40. The first-order chi connectivity index (χ1) is 14.6. The molecule has 1 aromatic heterocycles. The van der Waals surface area contributed by atoms with Gasteiger partial charge in [0.15, 0.2) is 11.5 Å². The Labute approximate surface area is 177 Å². The predicted molar refractivity (Wildman–Crippen MR) is 114 cm³/mol. The van der Waals surface area contributed by atoms with E-state index in [1.807, 2.05) is 24.4 Å². The number of amides is 1. The molecule has 0 radical (unpaired) electrons. The van der Waals surface area contributed by atoms with Crippen molar-refractivity contribution in [1.29, 1.82) is 0 Å².